The average Bonchev–Trinajstić information content (AvgIpc) is 2.84. The monoisotopic (exact) mass is 302 g/mol. The number of aromatic nitrogens is 2. The highest BCUT2D eigenvalue weighted by molar-refractivity contribution is 5.85. The highest BCUT2D eigenvalue weighted by Gasteiger charge is 2.08. The van der Waals surface area contributed by atoms with Crippen molar-refractivity contribution in [2.75, 3.05) is 6.54 Å². The maximum Gasteiger partial charge on any atom is 0.239 e. The van der Waals surface area contributed by atoms with E-state index in [4.69, 9.17) is 0 Å². The van der Waals surface area contributed by atoms with Crippen LogP contribution in [0.3, 0.4) is 0 Å². The molecule has 6 heteroatoms. The highest BCUT2D eigenvalue weighted by atomic mass is 16.2. The van der Waals surface area contributed by atoms with Crippen molar-refractivity contribution in [3.05, 3.63) is 30.0 Å². The Hall–Kier alpha value is -2.37. The van der Waals surface area contributed by atoms with E-state index in [0.29, 0.717) is 13.0 Å². The lowest BCUT2D eigenvalue weighted by Gasteiger charge is -2.09. The fourth-order valence-electron chi connectivity index (χ4n) is 2.23. The van der Waals surface area contributed by atoms with Crippen molar-refractivity contribution in [2.45, 2.75) is 39.8 Å². The van der Waals surface area contributed by atoms with E-state index in [1.807, 2.05) is 37.6 Å². The molecule has 2 amide bonds. The summed E-state index contributed by atoms with van der Waals surface area (Å²) in [7, 11) is 0. The number of amides is 2. The zero-order valence-electron chi connectivity index (χ0n) is 13.2. The van der Waals surface area contributed by atoms with Crippen molar-refractivity contribution in [1.82, 2.24) is 20.4 Å². The molecule has 0 unspecified atom stereocenters. The van der Waals surface area contributed by atoms with Crippen molar-refractivity contribution in [3.63, 3.8) is 0 Å². The maximum absolute atomic E-state index is 11.8. The van der Waals surface area contributed by atoms with Crippen molar-refractivity contribution < 1.29 is 9.59 Å². The minimum absolute atomic E-state index is 0.00998. The number of carbonyl (C=O) groups is 2. The van der Waals surface area contributed by atoms with Gasteiger partial charge in [0.1, 0.15) is 0 Å². The minimum Gasteiger partial charge on any atom is -0.352 e. The van der Waals surface area contributed by atoms with E-state index in [0.717, 1.165) is 10.9 Å². The van der Waals surface area contributed by atoms with Crippen LogP contribution < -0.4 is 10.6 Å². The van der Waals surface area contributed by atoms with Crippen LogP contribution in [0.5, 0.6) is 0 Å². The molecular formula is C16H22N4O2. The van der Waals surface area contributed by atoms with Crippen LogP contribution in [0.15, 0.2) is 24.4 Å². The van der Waals surface area contributed by atoms with Gasteiger partial charge in [-0.25, -0.2) is 0 Å². The Morgan fingerprint density at radius 3 is 2.77 bits per heavy atom. The van der Waals surface area contributed by atoms with Gasteiger partial charge in [0.2, 0.25) is 11.8 Å². The first-order chi connectivity index (χ1) is 10.5. The molecule has 2 aromatic rings. The van der Waals surface area contributed by atoms with Gasteiger partial charge in [-0.15, -0.1) is 0 Å². The summed E-state index contributed by atoms with van der Waals surface area (Å²) in [6.45, 7) is 6.29. The zero-order chi connectivity index (χ0) is 16.1. The lowest BCUT2D eigenvalue weighted by molar-refractivity contribution is -0.126. The summed E-state index contributed by atoms with van der Waals surface area (Å²) in [5.74, 6) is -0.335. The predicted molar refractivity (Wildman–Crippen MR) is 85.4 cm³/mol. The highest BCUT2D eigenvalue weighted by Crippen LogP contribution is 2.15. The molecule has 2 rings (SSSR count). The van der Waals surface area contributed by atoms with Gasteiger partial charge in [0.15, 0.2) is 0 Å². The fourth-order valence-corrected chi connectivity index (χ4v) is 2.23. The molecule has 22 heavy (non-hydrogen) atoms. The number of aryl methyl sites for hydroxylation is 2. The van der Waals surface area contributed by atoms with Crippen molar-refractivity contribution >= 4 is 22.7 Å². The first-order valence-electron chi connectivity index (χ1n) is 7.44. The van der Waals surface area contributed by atoms with Crippen LogP contribution >= 0.6 is 0 Å². The van der Waals surface area contributed by atoms with Crippen molar-refractivity contribution in [3.8, 4) is 0 Å². The predicted octanol–water partition coefficient (Wildman–Crippen LogP) is 1.38. The van der Waals surface area contributed by atoms with Crippen LogP contribution in [-0.2, 0) is 16.1 Å². The number of rotatable bonds is 6. The van der Waals surface area contributed by atoms with Crippen LogP contribution in [0.2, 0.25) is 0 Å². The second kappa shape index (κ2) is 7.06. The normalized spacial score (nSPS) is 10.9. The Labute approximate surface area is 129 Å². The summed E-state index contributed by atoms with van der Waals surface area (Å²) >= 11 is 0. The van der Waals surface area contributed by atoms with Crippen LogP contribution in [0.4, 0.5) is 0 Å². The zero-order valence-corrected chi connectivity index (χ0v) is 13.2. The smallest absolute Gasteiger partial charge is 0.239 e. The fraction of sp³-hybridized carbons (Fsp3) is 0.438. The molecule has 1 aromatic carbocycles. The Balaban J connectivity index is 1.84. The molecule has 118 valence electrons. The van der Waals surface area contributed by atoms with E-state index in [-0.39, 0.29) is 24.4 Å². The maximum atomic E-state index is 11.8. The number of hydrogen-bond acceptors (Lipinski definition) is 3. The summed E-state index contributed by atoms with van der Waals surface area (Å²) in [6.07, 6.45) is 2.09. The van der Waals surface area contributed by atoms with Gasteiger partial charge in [0.05, 0.1) is 24.8 Å². The molecule has 0 bridgehead atoms. The van der Waals surface area contributed by atoms with Crippen molar-refractivity contribution in [2.24, 2.45) is 0 Å². The van der Waals surface area contributed by atoms with E-state index in [1.54, 1.807) is 6.20 Å². The standard InChI is InChI=1S/C16H22N4O2/c1-11(2)19-16(22)10-17-15(21)6-7-20-14-5-4-12(3)8-13(14)9-18-20/h4-5,8-9,11H,6-7,10H2,1-3H3,(H,17,21)(H,19,22). The first kappa shape index (κ1) is 16.0. The Morgan fingerprint density at radius 2 is 2.05 bits per heavy atom. The molecule has 0 aliphatic carbocycles. The third-order valence-corrected chi connectivity index (χ3v) is 3.24. The summed E-state index contributed by atoms with van der Waals surface area (Å²) in [5.41, 5.74) is 2.19. The topological polar surface area (TPSA) is 76.0 Å². The second-order valence-corrected chi connectivity index (χ2v) is 5.68. The van der Waals surface area contributed by atoms with E-state index >= 15 is 0 Å². The molecule has 0 aliphatic rings. The van der Waals surface area contributed by atoms with Gasteiger partial charge in [-0.1, -0.05) is 11.6 Å². The Bertz CT molecular complexity index is 676. The Morgan fingerprint density at radius 1 is 1.27 bits per heavy atom. The molecule has 0 saturated heterocycles. The SMILES string of the molecule is Cc1ccc2c(cnn2CCC(=O)NCC(=O)NC(C)C)c1. The Kier molecular flexibility index (Phi) is 5.14. The average molecular weight is 302 g/mol. The molecule has 0 saturated carbocycles. The van der Waals surface area contributed by atoms with E-state index in [1.165, 1.54) is 5.56 Å². The van der Waals surface area contributed by atoms with Crippen LogP contribution in [0.1, 0.15) is 25.8 Å². The quantitative estimate of drug-likeness (QED) is 0.846. The van der Waals surface area contributed by atoms with Gasteiger partial charge in [0, 0.05) is 17.8 Å². The number of carbonyl (C=O) groups excluding carboxylic acids is 2. The lowest BCUT2D eigenvalue weighted by Crippen LogP contribution is -2.40. The molecule has 2 N–H and O–H groups in total. The molecule has 0 aliphatic heterocycles. The van der Waals surface area contributed by atoms with E-state index < -0.39 is 0 Å². The molecule has 1 heterocycles. The third kappa shape index (κ3) is 4.31. The van der Waals surface area contributed by atoms with Gasteiger partial charge in [-0.2, -0.15) is 5.10 Å². The molecule has 0 atom stereocenters. The summed E-state index contributed by atoms with van der Waals surface area (Å²) in [4.78, 5) is 23.2. The summed E-state index contributed by atoms with van der Waals surface area (Å²) < 4.78 is 1.81. The van der Waals surface area contributed by atoms with Crippen LogP contribution in [0, 0.1) is 6.92 Å². The number of nitrogens with zero attached hydrogens (tertiary/aromatic N) is 2. The van der Waals surface area contributed by atoms with Crippen LogP contribution in [0.25, 0.3) is 10.9 Å². The van der Waals surface area contributed by atoms with Gasteiger partial charge >= 0.3 is 0 Å². The molecule has 0 spiro atoms. The molecule has 6 nitrogen and oxygen atoms in total. The summed E-state index contributed by atoms with van der Waals surface area (Å²) in [6, 6.07) is 6.17. The van der Waals surface area contributed by atoms with E-state index in [9.17, 15) is 9.59 Å². The molecule has 0 fully saturated rings. The van der Waals surface area contributed by atoms with Gasteiger partial charge < -0.3 is 10.6 Å². The molecule has 0 radical (unpaired) electrons. The number of benzene rings is 1. The summed E-state index contributed by atoms with van der Waals surface area (Å²) in [5, 5.41) is 10.7. The molecule has 1 aromatic heterocycles. The van der Waals surface area contributed by atoms with E-state index in [2.05, 4.69) is 21.8 Å². The van der Waals surface area contributed by atoms with Gasteiger partial charge in [-0.3, -0.25) is 14.3 Å². The minimum atomic E-state index is -0.177. The second-order valence-electron chi connectivity index (χ2n) is 5.68. The largest absolute Gasteiger partial charge is 0.352 e. The lowest BCUT2D eigenvalue weighted by atomic mass is 10.2. The van der Waals surface area contributed by atoms with Crippen molar-refractivity contribution in [1.29, 1.82) is 0 Å². The molecular weight excluding hydrogens is 280 g/mol. The number of nitrogens with one attached hydrogen (secondary N) is 2. The third-order valence-electron chi connectivity index (χ3n) is 3.24. The van der Waals surface area contributed by atoms with Crippen LogP contribution in [-0.4, -0.2) is 34.2 Å². The van der Waals surface area contributed by atoms with Gasteiger partial charge in [0.25, 0.3) is 0 Å². The first-order valence-corrected chi connectivity index (χ1v) is 7.44. The number of hydrogen-bond donors (Lipinski definition) is 2. The van der Waals surface area contributed by atoms with Gasteiger partial charge in [-0.05, 0) is 32.9 Å². The number of fused-ring (bicyclic) bond motifs is 1.